The van der Waals surface area contributed by atoms with Crippen molar-refractivity contribution in [2.75, 3.05) is 51.8 Å². The molecule has 2 N–H and O–H groups in total. The van der Waals surface area contributed by atoms with Crippen molar-refractivity contribution in [3.63, 3.8) is 0 Å². The predicted octanol–water partition coefficient (Wildman–Crippen LogP) is 3.40. The molecule has 0 radical (unpaired) electrons. The second kappa shape index (κ2) is 10.00. The van der Waals surface area contributed by atoms with Crippen molar-refractivity contribution in [3.05, 3.63) is 41.2 Å². The van der Waals surface area contributed by atoms with Gasteiger partial charge in [0.1, 0.15) is 17.5 Å². The fourth-order valence-corrected chi connectivity index (χ4v) is 5.46. The molecule has 1 saturated carbocycles. The molecular weight excluding hydrogens is 470 g/mol. The number of likely N-dealkylation sites (tertiary alicyclic amines) is 1. The number of aromatic nitrogens is 3. The number of ether oxygens (including phenoxy) is 2. The summed E-state index contributed by atoms with van der Waals surface area (Å²) in [5.41, 5.74) is 3.39. The van der Waals surface area contributed by atoms with E-state index in [1.54, 1.807) is 19.4 Å². The zero-order chi connectivity index (χ0) is 25.4. The third kappa shape index (κ3) is 4.72. The number of amides is 1. The van der Waals surface area contributed by atoms with Gasteiger partial charge in [0.2, 0.25) is 5.95 Å². The molecule has 10 nitrogen and oxygen atoms in total. The molecule has 37 heavy (non-hydrogen) atoms. The van der Waals surface area contributed by atoms with E-state index in [0.29, 0.717) is 46.1 Å². The van der Waals surface area contributed by atoms with Gasteiger partial charge >= 0.3 is 0 Å². The van der Waals surface area contributed by atoms with Gasteiger partial charge < -0.3 is 24.7 Å². The maximum Gasteiger partial charge on any atom is 0.253 e. The number of fused-ring (bicyclic) bond motifs is 1. The Morgan fingerprint density at radius 1 is 1.16 bits per heavy atom. The maximum absolute atomic E-state index is 13.3. The van der Waals surface area contributed by atoms with Gasteiger partial charge in [-0.15, -0.1) is 0 Å². The van der Waals surface area contributed by atoms with Crippen LogP contribution in [0.1, 0.15) is 53.2 Å². The summed E-state index contributed by atoms with van der Waals surface area (Å²) in [5, 5.41) is 13.5. The van der Waals surface area contributed by atoms with Crippen LogP contribution in [-0.4, -0.2) is 83.2 Å². The number of hydrogen-bond donors (Lipinski definition) is 2. The van der Waals surface area contributed by atoms with Crippen LogP contribution >= 0.6 is 0 Å². The fourth-order valence-electron chi connectivity index (χ4n) is 5.46. The summed E-state index contributed by atoms with van der Waals surface area (Å²) in [6.45, 7) is 5.06. The number of benzene rings is 1. The molecule has 3 fully saturated rings. The van der Waals surface area contributed by atoms with Crippen LogP contribution in [0.2, 0.25) is 0 Å². The Kier molecular flexibility index (Phi) is 6.40. The first-order chi connectivity index (χ1) is 18.1. The molecule has 4 heterocycles. The van der Waals surface area contributed by atoms with Crippen LogP contribution in [0.15, 0.2) is 24.4 Å². The molecule has 1 aliphatic carbocycles. The normalized spacial score (nSPS) is 19.1. The highest BCUT2D eigenvalue weighted by molar-refractivity contribution is 5.95. The number of rotatable bonds is 6. The van der Waals surface area contributed by atoms with Gasteiger partial charge in [0.15, 0.2) is 0 Å². The first-order valence-corrected chi connectivity index (χ1v) is 13.0. The molecule has 2 aliphatic heterocycles. The van der Waals surface area contributed by atoms with Crippen molar-refractivity contribution < 1.29 is 14.3 Å². The van der Waals surface area contributed by atoms with Crippen molar-refractivity contribution in [2.24, 2.45) is 0 Å². The molecule has 1 aromatic carbocycles. The highest BCUT2D eigenvalue weighted by atomic mass is 16.5. The lowest BCUT2D eigenvalue weighted by Gasteiger charge is -2.40. The van der Waals surface area contributed by atoms with Gasteiger partial charge in [0.05, 0.1) is 42.7 Å². The lowest BCUT2D eigenvalue weighted by atomic mass is 10.0. The number of piperidine rings is 1. The number of aromatic amines is 1. The Bertz CT molecular complexity index is 1350. The monoisotopic (exact) mass is 501 g/mol. The Morgan fingerprint density at radius 3 is 2.65 bits per heavy atom. The second-order valence-corrected chi connectivity index (χ2v) is 9.96. The largest absolute Gasteiger partial charge is 0.495 e. The van der Waals surface area contributed by atoms with Crippen LogP contribution in [-0.2, 0) is 4.74 Å². The van der Waals surface area contributed by atoms with E-state index < -0.39 is 0 Å². The average Bonchev–Trinajstić information content (AvgIpc) is 3.72. The Balaban J connectivity index is 1.17. The Hall–Kier alpha value is -3.68. The number of nitrogens with one attached hydrogen (secondary N) is 2. The minimum Gasteiger partial charge on any atom is -0.495 e. The van der Waals surface area contributed by atoms with Gasteiger partial charge in [-0.25, -0.2) is 4.98 Å². The number of anilines is 2. The lowest BCUT2D eigenvalue weighted by Crippen LogP contribution is -2.50. The molecule has 3 aliphatic rings. The number of carbonyl (C=O) groups is 1. The van der Waals surface area contributed by atoms with E-state index in [4.69, 9.17) is 14.5 Å². The van der Waals surface area contributed by atoms with Crippen LogP contribution in [0.4, 0.5) is 11.6 Å². The number of morpholine rings is 1. The van der Waals surface area contributed by atoms with Crippen molar-refractivity contribution in [2.45, 2.75) is 37.6 Å². The standard InChI is InChI=1S/C27H31N7O3/c1-36-22-14-18(26(35)34-8-6-20(7-9-34)33-10-12-37-13-11-33)4-5-21(22)30-27-31-24(17-2-3-17)23-19(15-28)16-29-25(23)32-27/h4-5,14,16-17,20H,2-3,6-13H2,1H3,(H2,29,30,31,32). The number of nitrogens with zero attached hydrogens (tertiary/aromatic N) is 5. The van der Waals surface area contributed by atoms with Crippen LogP contribution in [0.3, 0.4) is 0 Å². The zero-order valence-corrected chi connectivity index (χ0v) is 21.0. The molecule has 10 heteroatoms. The van der Waals surface area contributed by atoms with Crippen molar-refractivity contribution in [3.8, 4) is 11.8 Å². The number of H-pyrrole nitrogens is 1. The van der Waals surface area contributed by atoms with Gasteiger partial charge in [-0.3, -0.25) is 9.69 Å². The summed E-state index contributed by atoms with van der Waals surface area (Å²) < 4.78 is 11.1. The van der Waals surface area contributed by atoms with Gasteiger partial charge in [0, 0.05) is 49.9 Å². The molecule has 192 valence electrons. The summed E-state index contributed by atoms with van der Waals surface area (Å²) >= 11 is 0. The Morgan fingerprint density at radius 2 is 1.95 bits per heavy atom. The highest BCUT2D eigenvalue weighted by Gasteiger charge is 2.31. The zero-order valence-electron chi connectivity index (χ0n) is 21.0. The van der Waals surface area contributed by atoms with E-state index in [9.17, 15) is 10.1 Å². The molecule has 0 atom stereocenters. The minimum absolute atomic E-state index is 0.0226. The van der Waals surface area contributed by atoms with Gasteiger partial charge in [-0.2, -0.15) is 10.2 Å². The molecule has 6 rings (SSSR count). The van der Waals surface area contributed by atoms with Gasteiger partial charge in [-0.1, -0.05) is 0 Å². The predicted molar refractivity (Wildman–Crippen MR) is 138 cm³/mol. The summed E-state index contributed by atoms with van der Waals surface area (Å²) in [4.78, 5) is 30.2. The minimum atomic E-state index is 0.0226. The summed E-state index contributed by atoms with van der Waals surface area (Å²) in [6.07, 6.45) is 5.77. The maximum atomic E-state index is 13.3. The van der Waals surface area contributed by atoms with Gasteiger partial charge in [0.25, 0.3) is 5.91 Å². The number of methoxy groups -OCH3 is 1. The SMILES string of the molecule is COc1cc(C(=O)N2CCC(N3CCOCC3)CC2)ccc1Nc1nc(C2CC2)c2c(C#N)c[nH]c2n1. The molecule has 1 amide bonds. The first kappa shape index (κ1) is 23.7. The first-order valence-electron chi connectivity index (χ1n) is 13.0. The number of carbonyl (C=O) groups excluding carboxylic acids is 1. The van der Waals surface area contributed by atoms with Crippen molar-refractivity contribution in [1.82, 2.24) is 24.8 Å². The van der Waals surface area contributed by atoms with Crippen LogP contribution in [0, 0.1) is 11.3 Å². The van der Waals surface area contributed by atoms with E-state index in [2.05, 4.69) is 26.3 Å². The van der Waals surface area contributed by atoms with Gasteiger partial charge in [-0.05, 0) is 43.9 Å². The van der Waals surface area contributed by atoms with Crippen LogP contribution in [0.5, 0.6) is 5.75 Å². The molecule has 2 aromatic heterocycles. The highest BCUT2D eigenvalue weighted by Crippen LogP contribution is 2.43. The summed E-state index contributed by atoms with van der Waals surface area (Å²) in [5.74, 6) is 1.36. The van der Waals surface area contributed by atoms with E-state index in [-0.39, 0.29) is 5.91 Å². The molecule has 3 aromatic rings. The number of nitriles is 1. The summed E-state index contributed by atoms with van der Waals surface area (Å²) in [6, 6.07) is 8.19. The van der Waals surface area contributed by atoms with Crippen molar-refractivity contribution in [1.29, 1.82) is 5.26 Å². The topological polar surface area (TPSA) is 119 Å². The quantitative estimate of drug-likeness (QED) is 0.528. The van der Waals surface area contributed by atoms with E-state index >= 15 is 0 Å². The van der Waals surface area contributed by atoms with E-state index in [0.717, 1.165) is 76.2 Å². The molecular formula is C27H31N7O3. The Labute approximate surface area is 215 Å². The molecule has 0 unspecified atom stereocenters. The number of hydrogen-bond acceptors (Lipinski definition) is 8. The molecule has 0 spiro atoms. The van der Waals surface area contributed by atoms with E-state index in [1.165, 1.54) is 0 Å². The summed E-state index contributed by atoms with van der Waals surface area (Å²) in [7, 11) is 1.59. The third-order valence-electron chi connectivity index (χ3n) is 7.65. The van der Waals surface area contributed by atoms with Crippen LogP contribution < -0.4 is 10.1 Å². The fraction of sp³-hybridized carbons (Fsp3) is 0.481. The average molecular weight is 502 g/mol. The van der Waals surface area contributed by atoms with E-state index in [1.807, 2.05) is 17.0 Å². The third-order valence-corrected chi connectivity index (χ3v) is 7.65. The lowest BCUT2D eigenvalue weighted by molar-refractivity contribution is 0.00159. The second-order valence-electron chi connectivity index (χ2n) is 9.96. The van der Waals surface area contributed by atoms with Crippen molar-refractivity contribution >= 4 is 28.6 Å². The van der Waals surface area contributed by atoms with Crippen LogP contribution in [0.25, 0.3) is 11.0 Å². The molecule has 0 bridgehead atoms. The smallest absolute Gasteiger partial charge is 0.253 e. The molecule has 2 saturated heterocycles.